The lowest BCUT2D eigenvalue weighted by Gasteiger charge is -2.14. The highest BCUT2D eigenvalue weighted by atomic mass is 19.4. The van der Waals surface area contributed by atoms with Crippen LogP contribution in [-0.4, -0.2) is 24.5 Å². The molecule has 4 aromatic carbocycles. The molecule has 4 rings (SSSR count). The molecule has 0 aliphatic rings. The molecule has 0 fully saturated rings. The second-order valence-electron chi connectivity index (χ2n) is 9.21. The van der Waals surface area contributed by atoms with Gasteiger partial charge in [0.25, 0.3) is 0 Å². The second kappa shape index (κ2) is 14.0. The molecule has 0 aliphatic carbocycles. The van der Waals surface area contributed by atoms with Crippen molar-refractivity contribution in [3.8, 4) is 0 Å². The molecular weight excluding hydrogens is 549 g/mol. The van der Waals surface area contributed by atoms with E-state index in [1.807, 2.05) is 12.1 Å². The molecular formula is C32H27F3N2O5. The predicted octanol–water partition coefficient (Wildman–Crippen LogP) is 6.78. The number of hydrogen-bond donors (Lipinski definition) is 2. The third-order valence-electron chi connectivity index (χ3n) is 6.09. The van der Waals surface area contributed by atoms with Crippen LogP contribution in [0.15, 0.2) is 103 Å². The molecule has 0 aromatic heterocycles. The number of alkyl halides is 3. The van der Waals surface area contributed by atoms with E-state index in [1.54, 1.807) is 48.5 Å². The molecule has 2 N–H and O–H groups in total. The van der Waals surface area contributed by atoms with Crippen LogP contribution in [0.3, 0.4) is 0 Å². The number of nitrogens with one attached hydrogen (secondary N) is 2. The summed E-state index contributed by atoms with van der Waals surface area (Å²) < 4.78 is 50.5. The normalized spacial score (nSPS) is 10.9. The quantitative estimate of drug-likeness (QED) is 0.203. The highest BCUT2D eigenvalue weighted by molar-refractivity contribution is 5.99. The van der Waals surface area contributed by atoms with Crippen molar-refractivity contribution in [2.75, 3.05) is 11.9 Å². The Balaban J connectivity index is 1.45. The van der Waals surface area contributed by atoms with E-state index < -0.39 is 29.7 Å². The maximum absolute atomic E-state index is 13.3. The molecule has 10 heteroatoms. The molecule has 0 aliphatic heterocycles. The van der Waals surface area contributed by atoms with Gasteiger partial charge in [0.15, 0.2) is 0 Å². The molecule has 0 bridgehead atoms. The fourth-order valence-electron chi connectivity index (χ4n) is 4.05. The van der Waals surface area contributed by atoms with Crippen molar-refractivity contribution in [1.29, 1.82) is 0 Å². The van der Waals surface area contributed by atoms with Crippen LogP contribution in [0, 0.1) is 0 Å². The first-order valence-electron chi connectivity index (χ1n) is 13.0. The molecule has 4 aromatic rings. The Morgan fingerprint density at radius 1 is 0.667 bits per heavy atom. The zero-order valence-electron chi connectivity index (χ0n) is 22.3. The lowest BCUT2D eigenvalue weighted by molar-refractivity contribution is -0.138. The van der Waals surface area contributed by atoms with E-state index in [0.29, 0.717) is 0 Å². The van der Waals surface area contributed by atoms with Crippen molar-refractivity contribution < 1.29 is 37.0 Å². The number of halogens is 3. The Labute approximate surface area is 240 Å². The molecule has 42 heavy (non-hydrogen) atoms. The number of amides is 2. The molecule has 2 amide bonds. The van der Waals surface area contributed by atoms with Crippen LogP contribution in [0.2, 0.25) is 0 Å². The topological polar surface area (TPSA) is 93.7 Å². The SMILES string of the molecule is O=C(NCCc1ccccc1C(F)(F)F)Nc1cc(C(=O)OCc2ccccc2)cc(C(=O)OCc2ccccc2)c1. The Kier molecular flexibility index (Phi) is 9.94. The van der Waals surface area contributed by atoms with Gasteiger partial charge in [-0.05, 0) is 47.4 Å². The van der Waals surface area contributed by atoms with Crippen molar-refractivity contribution in [3.63, 3.8) is 0 Å². The fraction of sp³-hybridized carbons (Fsp3) is 0.156. The third kappa shape index (κ3) is 8.69. The monoisotopic (exact) mass is 576 g/mol. The van der Waals surface area contributed by atoms with E-state index in [2.05, 4.69) is 10.6 Å². The number of urea groups is 1. The Bertz CT molecular complexity index is 1450. The van der Waals surface area contributed by atoms with Crippen LogP contribution in [0.1, 0.15) is 43.0 Å². The Morgan fingerprint density at radius 2 is 1.17 bits per heavy atom. The van der Waals surface area contributed by atoms with Crippen LogP contribution in [-0.2, 0) is 35.3 Å². The summed E-state index contributed by atoms with van der Waals surface area (Å²) in [7, 11) is 0. The van der Waals surface area contributed by atoms with E-state index in [0.717, 1.165) is 17.2 Å². The van der Waals surface area contributed by atoms with Gasteiger partial charge in [-0.25, -0.2) is 14.4 Å². The standard InChI is InChI=1S/C32H27F3N2O5/c33-32(34,35)28-14-8-7-13-24(28)15-16-36-31(40)37-27-18-25(29(38)41-20-22-9-3-1-4-10-22)17-26(19-27)30(39)42-21-23-11-5-2-6-12-23/h1-14,17-19H,15-16,20-21H2,(H2,36,37,40). The van der Waals surface area contributed by atoms with E-state index in [1.165, 1.54) is 36.4 Å². The molecule has 0 saturated heterocycles. The van der Waals surface area contributed by atoms with Gasteiger partial charge in [-0.2, -0.15) is 13.2 Å². The maximum atomic E-state index is 13.3. The molecule has 0 spiro atoms. The first kappa shape index (κ1) is 29.9. The summed E-state index contributed by atoms with van der Waals surface area (Å²) in [5.41, 5.74) is 0.862. The lowest BCUT2D eigenvalue weighted by atomic mass is 10.0. The number of carbonyl (C=O) groups excluding carboxylic acids is 3. The molecule has 0 radical (unpaired) electrons. The van der Waals surface area contributed by atoms with E-state index >= 15 is 0 Å². The van der Waals surface area contributed by atoms with Gasteiger partial charge < -0.3 is 20.1 Å². The number of anilines is 1. The van der Waals surface area contributed by atoms with E-state index in [4.69, 9.17) is 9.47 Å². The minimum absolute atomic E-state index is 0.00510. The van der Waals surface area contributed by atoms with Crippen molar-refractivity contribution in [3.05, 3.63) is 137 Å². The summed E-state index contributed by atoms with van der Waals surface area (Å²) in [5, 5.41) is 5.02. The Hall–Kier alpha value is -5.12. The summed E-state index contributed by atoms with van der Waals surface area (Å²) in [6.45, 7) is -0.111. The highest BCUT2D eigenvalue weighted by Gasteiger charge is 2.32. The largest absolute Gasteiger partial charge is 0.457 e. The number of esters is 2. The molecule has 0 unspecified atom stereocenters. The first-order chi connectivity index (χ1) is 20.2. The van der Waals surface area contributed by atoms with Gasteiger partial charge in [-0.1, -0.05) is 78.9 Å². The number of hydrogen-bond acceptors (Lipinski definition) is 5. The molecule has 0 saturated carbocycles. The summed E-state index contributed by atoms with van der Waals surface area (Å²) in [6.07, 6.45) is -4.58. The van der Waals surface area contributed by atoms with Gasteiger partial charge in [0.1, 0.15) is 13.2 Å². The lowest BCUT2D eigenvalue weighted by Crippen LogP contribution is -2.31. The number of ether oxygens (including phenoxy) is 2. The highest BCUT2D eigenvalue weighted by Crippen LogP contribution is 2.32. The minimum Gasteiger partial charge on any atom is -0.457 e. The van der Waals surface area contributed by atoms with Gasteiger partial charge >= 0.3 is 24.1 Å². The maximum Gasteiger partial charge on any atom is 0.416 e. The summed E-state index contributed by atoms with van der Waals surface area (Å²) >= 11 is 0. The van der Waals surface area contributed by atoms with Gasteiger partial charge in [0, 0.05) is 12.2 Å². The zero-order chi connectivity index (χ0) is 30.0. The average Bonchev–Trinajstić information content (AvgIpc) is 2.99. The van der Waals surface area contributed by atoms with Gasteiger partial charge in [-0.15, -0.1) is 0 Å². The Morgan fingerprint density at radius 3 is 1.69 bits per heavy atom. The second-order valence-corrected chi connectivity index (χ2v) is 9.21. The van der Waals surface area contributed by atoms with Crippen LogP contribution >= 0.6 is 0 Å². The van der Waals surface area contributed by atoms with Crippen molar-refractivity contribution >= 4 is 23.7 Å². The minimum atomic E-state index is -4.51. The van der Waals surface area contributed by atoms with Crippen molar-refractivity contribution in [1.82, 2.24) is 5.32 Å². The molecule has 7 nitrogen and oxygen atoms in total. The van der Waals surface area contributed by atoms with Crippen LogP contribution in [0.5, 0.6) is 0 Å². The van der Waals surface area contributed by atoms with Crippen molar-refractivity contribution in [2.24, 2.45) is 0 Å². The third-order valence-corrected chi connectivity index (χ3v) is 6.09. The van der Waals surface area contributed by atoms with Crippen LogP contribution < -0.4 is 10.6 Å². The molecule has 0 atom stereocenters. The predicted molar refractivity (Wildman–Crippen MR) is 150 cm³/mol. The van der Waals surface area contributed by atoms with Gasteiger partial charge in [0.2, 0.25) is 0 Å². The summed E-state index contributed by atoms with van der Waals surface area (Å²) in [6, 6.07) is 26.4. The van der Waals surface area contributed by atoms with Crippen molar-refractivity contribution in [2.45, 2.75) is 25.8 Å². The first-order valence-corrected chi connectivity index (χ1v) is 13.0. The van der Waals surface area contributed by atoms with Crippen LogP contribution in [0.4, 0.5) is 23.7 Å². The molecule has 216 valence electrons. The number of carbonyl (C=O) groups is 3. The zero-order valence-corrected chi connectivity index (χ0v) is 22.3. The molecule has 0 heterocycles. The summed E-state index contributed by atoms with van der Waals surface area (Å²) in [4.78, 5) is 38.3. The fourth-order valence-corrected chi connectivity index (χ4v) is 4.05. The van der Waals surface area contributed by atoms with Crippen LogP contribution in [0.25, 0.3) is 0 Å². The van der Waals surface area contributed by atoms with E-state index in [-0.39, 0.29) is 48.6 Å². The summed E-state index contributed by atoms with van der Waals surface area (Å²) in [5.74, 6) is -1.47. The van der Waals surface area contributed by atoms with Gasteiger partial charge in [-0.3, -0.25) is 0 Å². The number of benzene rings is 4. The number of rotatable bonds is 10. The van der Waals surface area contributed by atoms with Gasteiger partial charge in [0.05, 0.1) is 16.7 Å². The van der Waals surface area contributed by atoms with E-state index in [9.17, 15) is 27.6 Å². The average molecular weight is 577 g/mol. The smallest absolute Gasteiger partial charge is 0.416 e.